The lowest BCUT2D eigenvalue weighted by molar-refractivity contribution is -0.384. The molecular weight excluding hydrogens is 288 g/mol. The molecule has 21 heavy (non-hydrogen) atoms. The summed E-state index contributed by atoms with van der Waals surface area (Å²) >= 11 is 1.72. The Labute approximate surface area is 127 Å². The monoisotopic (exact) mass is 306 g/mol. The van der Waals surface area contributed by atoms with Crippen molar-refractivity contribution in [2.75, 3.05) is 17.7 Å². The highest BCUT2D eigenvalue weighted by Gasteiger charge is 2.19. The number of anilines is 2. The van der Waals surface area contributed by atoms with E-state index in [1.54, 1.807) is 24.5 Å². The lowest BCUT2D eigenvalue weighted by Gasteiger charge is -2.15. The van der Waals surface area contributed by atoms with Crippen molar-refractivity contribution in [1.29, 1.82) is 0 Å². The molecule has 0 saturated heterocycles. The molecule has 0 radical (unpaired) electrons. The molecule has 1 unspecified atom stereocenters. The van der Waals surface area contributed by atoms with Crippen LogP contribution in [-0.4, -0.2) is 17.0 Å². The van der Waals surface area contributed by atoms with Crippen molar-refractivity contribution in [1.82, 2.24) is 4.98 Å². The first-order valence-corrected chi connectivity index (χ1v) is 7.40. The van der Waals surface area contributed by atoms with Crippen LogP contribution in [0.2, 0.25) is 0 Å². The van der Waals surface area contributed by atoms with Crippen molar-refractivity contribution in [3.8, 4) is 0 Å². The second-order valence-corrected chi connectivity index (χ2v) is 6.27. The van der Waals surface area contributed by atoms with Crippen LogP contribution < -0.4 is 10.6 Å². The molecule has 0 bridgehead atoms. The van der Waals surface area contributed by atoms with Gasteiger partial charge in [0, 0.05) is 22.9 Å². The van der Waals surface area contributed by atoms with Crippen LogP contribution in [0.4, 0.5) is 17.3 Å². The lowest BCUT2D eigenvalue weighted by atomic mass is 10.1. The number of nitrogens with zero attached hydrogens (tertiary/aromatic N) is 2. The van der Waals surface area contributed by atoms with Gasteiger partial charge < -0.3 is 10.6 Å². The summed E-state index contributed by atoms with van der Waals surface area (Å²) in [5.74, 6) is 0.871. The first-order chi connectivity index (χ1) is 9.92. The Bertz CT molecular complexity index is 669. The van der Waals surface area contributed by atoms with E-state index in [1.807, 2.05) is 6.92 Å². The van der Waals surface area contributed by atoms with Crippen molar-refractivity contribution in [3.63, 3.8) is 0 Å². The average Bonchev–Trinajstić information content (AvgIpc) is 2.77. The van der Waals surface area contributed by atoms with Gasteiger partial charge in [-0.25, -0.2) is 4.98 Å². The third kappa shape index (κ3) is 3.30. The zero-order chi connectivity index (χ0) is 15.6. The molecule has 0 aliphatic rings. The van der Waals surface area contributed by atoms with E-state index in [9.17, 15) is 10.1 Å². The summed E-state index contributed by atoms with van der Waals surface area (Å²) < 4.78 is 0. The minimum atomic E-state index is -0.423. The smallest absolute Gasteiger partial charge is 0.311 e. The summed E-state index contributed by atoms with van der Waals surface area (Å²) in [7, 11) is 1.73. The summed E-state index contributed by atoms with van der Waals surface area (Å²) in [6.07, 6.45) is 0. The summed E-state index contributed by atoms with van der Waals surface area (Å²) in [5.41, 5.74) is 1.12. The summed E-state index contributed by atoms with van der Waals surface area (Å²) in [4.78, 5) is 17.4. The van der Waals surface area contributed by atoms with Gasteiger partial charge in [-0.05, 0) is 38.5 Å². The van der Waals surface area contributed by atoms with Gasteiger partial charge in [-0.3, -0.25) is 10.1 Å². The van der Waals surface area contributed by atoms with E-state index >= 15 is 0 Å². The van der Waals surface area contributed by atoms with E-state index < -0.39 is 4.92 Å². The predicted molar refractivity (Wildman–Crippen MR) is 86.3 cm³/mol. The molecule has 2 heterocycles. The van der Waals surface area contributed by atoms with Gasteiger partial charge in [0.2, 0.25) is 5.82 Å². The fourth-order valence-corrected chi connectivity index (χ4v) is 3.23. The van der Waals surface area contributed by atoms with Gasteiger partial charge >= 0.3 is 5.69 Å². The van der Waals surface area contributed by atoms with E-state index in [4.69, 9.17) is 0 Å². The number of aryl methyl sites for hydroxylation is 2. The van der Waals surface area contributed by atoms with Gasteiger partial charge in [-0.15, -0.1) is 11.3 Å². The molecule has 0 aromatic carbocycles. The first kappa shape index (κ1) is 15.2. The average molecular weight is 306 g/mol. The van der Waals surface area contributed by atoms with Crippen LogP contribution in [0.3, 0.4) is 0 Å². The quantitative estimate of drug-likeness (QED) is 0.647. The molecule has 0 spiro atoms. The van der Waals surface area contributed by atoms with E-state index in [2.05, 4.69) is 35.5 Å². The number of hydrogen-bond acceptors (Lipinski definition) is 6. The zero-order valence-electron chi connectivity index (χ0n) is 12.4. The van der Waals surface area contributed by atoms with E-state index in [1.165, 1.54) is 15.8 Å². The van der Waals surface area contributed by atoms with Gasteiger partial charge in [-0.2, -0.15) is 0 Å². The molecule has 0 fully saturated rings. The third-order valence-electron chi connectivity index (χ3n) is 3.23. The number of nitro groups is 1. The number of hydrogen-bond donors (Lipinski definition) is 2. The Morgan fingerprint density at radius 2 is 2.10 bits per heavy atom. The Balaban J connectivity index is 2.33. The van der Waals surface area contributed by atoms with Crippen molar-refractivity contribution < 1.29 is 4.92 Å². The summed E-state index contributed by atoms with van der Waals surface area (Å²) in [5, 5.41) is 17.2. The topological polar surface area (TPSA) is 80.1 Å². The minimum absolute atomic E-state index is 0.0227. The highest BCUT2D eigenvalue weighted by Crippen LogP contribution is 2.31. The number of aromatic nitrogens is 1. The fraction of sp³-hybridized carbons (Fsp3) is 0.357. The molecule has 2 rings (SSSR count). The lowest BCUT2D eigenvalue weighted by Crippen LogP contribution is -2.11. The number of rotatable bonds is 5. The highest BCUT2D eigenvalue weighted by molar-refractivity contribution is 7.12. The van der Waals surface area contributed by atoms with Crippen LogP contribution in [-0.2, 0) is 0 Å². The molecule has 2 aromatic rings. The van der Waals surface area contributed by atoms with Gasteiger partial charge in [0.05, 0.1) is 11.0 Å². The number of nitrogens with one attached hydrogen (secondary N) is 2. The molecule has 1 atom stereocenters. The summed E-state index contributed by atoms with van der Waals surface area (Å²) in [6, 6.07) is 5.10. The van der Waals surface area contributed by atoms with Crippen LogP contribution in [0, 0.1) is 24.0 Å². The predicted octanol–water partition coefficient (Wildman–Crippen LogP) is 3.88. The zero-order valence-corrected chi connectivity index (χ0v) is 13.2. The molecule has 0 aliphatic carbocycles. The Morgan fingerprint density at radius 3 is 2.62 bits per heavy atom. The van der Waals surface area contributed by atoms with Crippen LogP contribution in [0.15, 0.2) is 18.2 Å². The van der Waals surface area contributed by atoms with E-state index in [-0.39, 0.29) is 17.5 Å². The maximum atomic E-state index is 11.1. The van der Waals surface area contributed by atoms with Crippen molar-refractivity contribution in [2.45, 2.75) is 26.8 Å². The first-order valence-electron chi connectivity index (χ1n) is 6.59. The van der Waals surface area contributed by atoms with Crippen LogP contribution in [0.5, 0.6) is 0 Å². The maximum absolute atomic E-state index is 11.1. The largest absolute Gasteiger partial charge is 0.373 e. The second-order valence-electron chi connectivity index (χ2n) is 4.81. The molecule has 2 N–H and O–H groups in total. The molecule has 6 nitrogen and oxygen atoms in total. The number of pyridine rings is 1. The second kappa shape index (κ2) is 6.09. The maximum Gasteiger partial charge on any atom is 0.311 e. The standard InChI is InChI=1S/C14H18N4O2S/c1-8-7-11(10(3)21-8)9(2)16-14-12(18(19)20)5-6-13(15-4)17-14/h5-7,9H,1-4H3,(H2,15,16,17). The van der Waals surface area contributed by atoms with Gasteiger partial charge in [0.25, 0.3) is 0 Å². The molecule has 0 amide bonds. The van der Waals surface area contributed by atoms with Crippen molar-refractivity contribution >= 4 is 28.7 Å². The van der Waals surface area contributed by atoms with Crippen LogP contribution in [0.25, 0.3) is 0 Å². The minimum Gasteiger partial charge on any atom is -0.373 e. The van der Waals surface area contributed by atoms with Gasteiger partial charge in [0.15, 0.2) is 0 Å². The Kier molecular flexibility index (Phi) is 4.42. The number of thiophene rings is 1. The van der Waals surface area contributed by atoms with Crippen LogP contribution in [0.1, 0.15) is 28.3 Å². The Hall–Kier alpha value is -2.15. The Morgan fingerprint density at radius 1 is 1.38 bits per heavy atom. The highest BCUT2D eigenvalue weighted by atomic mass is 32.1. The summed E-state index contributed by atoms with van der Waals surface area (Å²) in [6.45, 7) is 6.08. The molecular formula is C14H18N4O2S. The molecule has 2 aromatic heterocycles. The van der Waals surface area contributed by atoms with E-state index in [0.29, 0.717) is 5.82 Å². The van der Waals surface area contributed by atoms with Gasteiger partial charge in [-0.1, -0.05) is 0 Å². The normalized spacial score (nSPS) is 12.0. The molecule has 7 heteroatoms. The fourth-order valence-electron chi connectivity index (χ4n) is 2.21. The molecule has 112 valence electrons. The SMILES string of the molecule is CNc1ccc([N+](=O)[O-])c(NC(C)c2cc(C)sc2C)n1. The molecule has 0 saturated carbocycles. The molecule has 0 aliphatic heterocycles. The van der Waals surface area contributed by atoms with Crippen molar-refractivity contribution in [2.24, 2.45) is 0 Å². The van der Waals surface area contributed by atoms with E-state index in [0.717, 1.165) is 5.56 Å². The van der Waals surface area contributed by atoms with Crippen molar-refractivity contribution in [3.05, 3.63) is 43.6 Å². The van der Waals surface area contributed by atoms with Crippen LogP contribution >= 0.6 is 11.3 Å². The third-order valence-corrected chi connectivity index (χ3v) is 4.21. The van der Waals surface area contributed by atoms with Gasteiger partial charge in [0.1, 0.15) is 5.82 Å².